The third-order valence-electron chi connectivity index (χ3n) is 7.15. The van der Waals surface area contributed by atoms with Crippen molar-refractivity contribution in [2.24, 2.45) is 16.9 Å². The quantitative estimate of drug-likeness (QED) is 0.416. The molecule has 0 saturated carbocycles. The van der Waals surface area contributed by atoms with Crippen LogP contribution in [0.3, 0.4) is 0 Å². The van der Waals surface area contributed by atoms with E-state index in [0.29, 0.717) is 17.9 Å². The Bertz CT molecular complexity index is 540. The van der Waals surface area contributed by atoms with Crippen molar-refractivity contribution in [3.05, 3.63) is 11.3 Å². The molecule has 1 fully saturated rings. The van der Waals surface area contributed by atoms with Crippen LogP contribution in [0.15, 0.2) is 16.4 Å². The lowest BCUT2D eigenvalue weighted by Gasteiger charge is -2.43. The van der Waals surface area contributed by atoms with Gasteiger partial charge in [-0.1, -0.05) is 27.7 Å². The Morgan fingerprint density at radius 1 is 1.31 bits per heavy atom. The van der Waals surface area contributed by atoms with E-state index in [-0.39, 0.29) is 5.04 Å². The first-order valence-electron chi connectivity index (χ1n) is 10.3. The molecule has 0 aromatic heterocycles. The van der Waals surface area contributed by atoms with Gasteiger partial charge >= 0.3 is 0 Å². The molecule has 4 nitrogen and oxygen atoms in total. The summed E-state index contributed by atoms with van der Waals surface area (Å²) >= 11 is 0. The summed E-state index contributed by atoms with van der Waals surface area (Å²) in [5, 5.41) is 7.28. The Morgan fingerprint density at radius 2 is 2.00 bits per heavy atom. The zero-order chi connectivity index (χ0) is 19.5. The van der Waals surface area contributed by atoms with E-state index < -0.39 is 8.32 Å². The second kappa shape index (κ2) is 8.47. The number of hydrogen-bond acceptors (Lipinski definition) is 4. The highest BCUT2D eigenvalue weighted by atomic mass is 28.4. The average molecular weight is 381 g/mol. The number of allylic oxidation sites excluding steroid dienone is 2. The Labute approximate surface area is 162 Å². The van der Waals surface area contributed by atoms with Crippen LogP contribution in [0.2, 0.25) is 18.1 Å². The first kappa shape index (κ1) is 21.5. The summed E-state index contributed by atoms with van der Waals surface area (Å²) in [5.74, 6) is 2.28. The number of hydrogen-bond donors (Lipinski definition) is 0. The van der Waals surface area contributed by atoms with E-state index in [1.165, 1.54) is 24.2 Å². The maximum atomic E-state index is 6.72. The molecule has 2 atom stereocenters. The predicted molar refractivity (Wildman–Crippen MR) is 113 cm³/mol. The van der Waals surface area contributed by atoms with E-state index in [2.05, 4.69) is 58.9 Å². The van der Waals surface area contributed by atoms with Crippen LogP contribution in [0.25, 0.3) is 0 Å². The van der Waals surface area contributed by atoms with E-state index in [1.807, 2.05) is 0 Å². The molecule has 26 heavy (non-hydrogen) atoms. The van der Waals surface area contributed by atoms with Crippen LogP contribution in [0.4, 0.5) is 0 Å². The normalized spacial score (nSPS) is 25.2. The second-order valence-corrected chi connectivity index (χ2v) is 13.9. The highest BCUT2D eigenvalue weighted by Gasteiger charge is 2.45. The molecular formula is C21H40N2O2Si. The van der Waals surface area contributed by atoms with Crippen LogP contribution < -0.4 is 0 Å². The van der Waals surface area contributed by atoms with Crippen molar-refractivity contribution < 1.29 is 9.16 Å². The lowest BCUT2D eigenvalue weighted by Crippen LogP contribution is -2.44. The van der Waals surface area contributed by atoms with E-state index in [9.17, 15) is 0 Å². The molecule has 0 aromatic rings. The zero-order valence-electron chi connectivity index (χ0n) is 18.3. The topological polar surface area (TPSA) is 34.1 Å². The first-order valence-corrected chi connectivity index (χ1v) is 13.2. The minimum absolute atomic E-state index is 0.245. The van der Waals surface area contributed by atoms with Crippen LogP contribution >= 0.6 is 0 Å². The van der Waals surface area contributed by atoms with Crippen LogP contribution in [0.5, 0.6) is 0 Å². The Kier molecular flexibility index (Phi) is 7.00. The highest BCUT2D eigenvalue weighted by Crippen LogP contribution is 2.47. The maximum Gasteiger partial charge on any atom is 0.250 e. The lowest BCUT2D eigenvalue weighted by molar-refractivity contribution is 0.118. The SMILES string of the molecule is COC[C@@H]1CCCN1/N=C/[C@@H]1CCC(O[Si](C)(C)C(C)(C)C(C)C)=C1C. The molecule has 1 aliphatic heterocycles. The number of methoxy groups -OCH3 is 1. The van der Waals surface area contributed by atoms with Gasteiger partial charge in [-0.05, 0) is 55.8 Å². The van der Waals surface area contributed by atoms with E-state index >= 15 is 0 Å². The van der Waals surface area contributed by atoms with Gasteiger partial charge in [0.05, 0.1) is 18.4 Å². The molecule has 0 spiro atoms. The lowest BCUT2D eigenvalue weighted by atomic mass is 9.99. The van der Waals surface area contributed by atoms with Crippen molar-refractivity contribution in [1.29, 1.82) is 0 Å². The number of rotatable bonds is 8. The van der Waals surface area contributed by atoms with E-state index in [0.717, 1.165) is 26.0 Å². The van der Waals surface area contributed by atoms with Gasteiger partial charge in [0.2, 0.25) is 0 Å². The van der Waals surface area contributed by atoms with Crippen LogP contribution in [-0.2, 0) is 9.16 Å². The van der Waals surface area contributed by atoms with E-state index in [1.54, 1.807) is 7.11 Å². The molecule has 1 heterocycles. The minimum Gasteiger partial charge on any atom is -0.547 e. The van der Waals surface area contributed by atoms with Crippen molar-refractivity contribution in [3.63, 3.8) is 0 Å². The molecule has 0 aromatic carbocycles. The van der Waals surface area contributed by atoms with E-state index in [4.69, 9.17) is 14.3 Å². The summed E-state index contributed by atoms with van der Waals surface area (Å²) in [7, 11) is -0.0543. The Morgan fingerprint density at radius 3 is 2.62 bits per heavy atom. The molecule has 5 heteroatoms. The van der Waals surface area contributed by atoms with Gasteiger partial charge < -0.3 is 9.16 Å². The Balaban J connectivity index is 2.04. The molecule has 2 rings (SSSR count). The number of nitrogens with zero attached hydrogens (tertiary/aromatic N) is 2. The minimum atomic E-state index is -1.83. The highest BCUT2D eigenvalue weighted by molar-refractivity contribution is 6.74. The molecule has 0 N–H and O–H groups in total. The van der Waals surface area contributed by atoms with Gasteiger partial charge in [-0.15, -0.1) is 0 Å². The Hall–Kier alpha value is -0.813. The van der Waals surface area contributed by atoms with Gasteiger partial charge in [0.15, 0.2) is 0 Å². The zero-order valence-corrected chi connectivity index (χ0v) is 19.3. The fraction of sp³-hybridized carbons (Fsp3) is 0.857. The predicted octanol–water partition coefficient (Wildman–Crippen LogP) is 5.42. The van der Waals surface area contributed by atoms with Crippen LogP contribution in [0, 0.1) is 11.8 Å². The molecule has 150 valence electrons. The molecule has 1 saturated heterocycles. The van der Waals surface area contributed by atoms with Gasteiger partial charge in [-0.2, -0.15) is 5.10 Å². The monoisotopic (exact) mass is 380 g/mol. The van der Waals surface area contributed by atoms with Gasteiger partial charge in [-0.3, -0.25) is 5.01 Å². The van der Waals surface area contributed by atoms with Gasteiger partial charge in [0, 0.05) is 32.2 Å². The van der Waals surface area contributed by atoms with Crippen molar-refractivity contribution in [2.75, 3.05) is 20.3 Å². The standard InChI is InChI=1S/C21H40N2O2Si/c1-16(2)21(4,5)26(7,8)25-20-12-11-18(17(20)3)14-22-23-13-9-10-19(23)15-24-6/h14,16,18-19H,9-13,15H2,1-8H3/b22-14+/t18-,19-/m0/s1. The van der Waals surface area contributed by atoms with Crippen molar-refractivity contribution in [1.82, 2.24) is 5.01 Å². The summed E-state index contributed by atoms with van der Waals surface area (Å²) in [6.45, 7) is 18.2. The first-order chi connectivity index (χ1) is 12.1. The maximum absolute atomic E-state index is 6.72. The van der Waals surface area contributed by atoms with Crippen molar-refractivity contribution in [2.45, 2.75) is 84.5 Å². The van der Waals surface area contributed by atoms with Crippen molar-refractivity contribution >= 4 is 14.5 Å². The van der Waals surface area contributed by atoms with Gasteiger partial charge in [0.25, 0.3) is 8.32 Å². The smallest absolute Gasteiger partial charge is 0.250 e. The molecule has 0 amide bonds. The fourth-order valence-corrected chi connectivity index (χ4v) is 6.39. The van der Waals surface area contributed by atoms with Crippen LogP contribution in [0.1, 0.15) is 60.3 Å². The molecule has 0 unspecified atom stereocenters. The van der Waals surface area contributed by atoms with Crippen molar-refractivity contribution in [3.8, 4) is 0 Å². The largest absolute Gasteiger partial charge is 0.547 e. The fourth-order valence-electron chi connectivity index (χ4n) is 3.86. The number of ether oxygens (including phenoxy) is 1. The molecular weight excluding hydrogens is 340 g/mol. The number of hydrazone groups is 1. The third kappa shape index (κ3) is 4.53. The summed E-state index contributed by atoms with van der Waals surface area (Å²) in [4.78, 5) is 0. The molecule has 1 aliphatic carbocycles. The van der Waals surface area contributed by atoms with Crippen LogP contribution in [-0.4, -0.2) is 45.8 Å². The van der Waals surface area contributed by atoms with Gasteiger partial charge in [-0.25, -0.2) is 0 Å². The molecule has 2 aliphatic rings. The summed E-state index contributed by atoms with van der Waals surface area (Å²) in [5.41, 5.74) is 1.39. The summed E-state index contributed by atoms with van der Waals surface area (Å²) in [6.07, 6.45) is 6.73. The molecule has 0 bridgehead atoms. The second-order valence-electron chi connectivity index (χ2n) is 9.42. The molecule has 0 radical (unpaired) electrons. The van der Waals surface area contributed by atoms with Gasteiger partial charge in [0.1, 0.15) is 0 Å². The summed E-state index contributed by atoms with van der Waals surface area (Å²) < 4.78 is 12.1. The third-order valence-corrected chi connectivity index (χ3v) is 11.6. The average Bonchev–Trinajstić information content (AvgIpc) is 3.13. The summed E-state index contributed by atoms with van der Waals surface area (Å²) in [6, 6.07) is 0.441.